The number of hydrazone groups is 1. The molecule has 0 fully saturated rings. The molecule has 47 heavy (non-hydrogen) atoms. The van der Waals surface area contributed by atoms with Crippen LogP contribution < -0.4 is 30.3 Å². The zero-order valence-corrected chi connectivity index (χ0v) is 27.8. The molecule has 4 rings (SSSR count). The maximum atomic E-state index is 12.4. The summed E-state index contributed by atoms with van der Waals surface area (Å²) >= 11 is 9.24. The molecule has 3 aromatic carbocycles. The van der Waals surface area contributed by atoms with Crippen LogP contribution in [0.1, 0.15) is 36.6 Å². The highest BCUT2D eigenvalue weighted by molar-refractivity contribution is 9.10. The van der Waals surface area contributed by atoms with E-state index in [1.807, 2.05) is 0 Å². The normalized spacial score (nSPS) is 15.0. The number of nitro groups is 1. The Kier molecular flexibility index (Phi) is 12.0. The van der Waals surface area contributed by atoms with E-state index in [1.165, 1.54) is 19.4 Å². The number of aliphatic hydroxyl groups is 1. The topological polar surface area (TPSA) is 183 Å². The second-order valence-corrected chi connectivity index (χ2v) is 11.2. The van der Waals surface area contributed by atoms with Crippen LogP contribution in [0.3, 0.4) is 0 Å². The summed E-state index contributed by atoms with van der Waals surface area (Å²) in [5.74, 6) is 0.0453. The van der Waals surface area contributed by atoms with Gasteiger partial charge in [0.15, 0.2) is 17.7 Å². The van der Waals surface area contributed by atoms with Gasteiger partial charge in [0.1, 0.15) is 13.2 Å². The number of nitrogens with one attached hydrogen (secondary N) is 3. The number of urea groups is 1. The summed E-state index contributed by atoms with van der Waals surface area (Å²) in [5.41, 5.74) is 4.50. The Balaban J connectivity index is 1.41. The molecule has 1 aliphatic rings. The van der Waals surface area contributed by atoms with Crippen LogP contribution in [0, 0.1) is 10.1 Å². The van der Waals surface area contributed by atoms with Gasteiger partial charge in [-0.15, -0.1) is 0 Å². The highest BCUT2D eigenvalue weighted by atomic mass is 79.9. The van der Waals surface area contributed by atoms with Gasteiger partial charge in [-0.05, 0) is 71.2 Å². The van der Waals surface area contributed by atoms with E-state index < -0.39 is 29.2 Å². The smallest absolute Gasteiger partial charge is 0.337 e. The van der Waals surface area contributed by atoms with E-state index in [2.05, 4.69) is 37.1 Å². The van der Waals surface area contributed by atoms with Crippen molar-refractivity contribution in [2.24, 2.45) is 5.10 Å². The first-order valence-electron chi connectivity index (χ1n) is 14.1. The first-order chi connectivity index (χ1) is 22.5. The number of aliphatic hydroxyl groups excluding tert-OH is 1. The van der Waals surface area contributed by atoms with Crippen LogP contribution in [-0.2, 0) is 16.1 Å². The lowest BCUT2D eigenvalue weighted by atomic mass is 9.95. The van der Waals surface area contributed by atoms with Gasteiger partial charge in [0, 0.05) is 22.3 Å². The number of esters is 1. The third-order valence-electron chi connectivity index (χ3n) is 6.65. The highest BCUT2D eigenvalue weighted by Crippen LogP contribution is 2.37. The molecule has 14 nitrogen and oxygen atoms in total. The summed E-state index contributed by atoms with van der Waals surface area (Å²) in [6.07, 6.45) is 0.0209. The van der Waals surface area contributed by atoms with E-state index in [0.717, 1.165) is 5.56 Å². The number of amides is 2. The first kappa shape index (κ1) is 35.0. The molecule has 16 heteroatoms. The Morgan fingerprint density at radius 3 is 2.60 bits per heavy atom. The molecule has 1 aliphatic heterocycles. The fourth-order valence-electron chi connectivity index (χ4n) is 4.51. The molecule has 0 spiro atoms. The summed E-state index contributed by atoms with van der Waals surface area (Å²) in [4.78, 5) is 35.8. The van der Waals surface area contributed by atoms with E-state index in [4.69, 9.17) is 30.5 Å². The molecule has 0 saturated carbocycles. The molecule has 0 radical (unpaired) electrons. The van der Waals surface area contributed by atoms with Gasteiger partial charge >= 0.3 is 17.7 Å². The molecule has 0 bridgehead atoms. The first-order valence-corrected chi connectivity index (χ1v) is 15.3. The average Bonchev–Trinajstić information content (AvgIpc) is 3.03. The SMILES string of the molecule is CCOc1cc([C@H]2NC(=O)NC(C)=C2C(=O)OC)ccc1OC[C@H](O)N/N=C/c1cc(Br)c(OCc2ccc(Cl)cc2)c([N+](=O)[O-])c1. The largest absolute Gasteiger partial charge is 0.490 e. The Morgan fingerprint density at radius 2 is 1.91 bits per heavy atom. The fraction of sp³-hybridized carbons (Fsp3) is 0.258. The third kappa shape index (κ3) is 9.12. The standard InChI is InChI=1S/C31H31BrClN5O9/c1-4-45-25-13-20(28-27(30(40)44-3)17(2)35-31(41)36-28)7-10-24(25)46-16-26(39)37-34-14-19-11-22(32)29(23(12-19)38(42)43)47-15-18-5-8-21(33)9-6-18/h5-14,26,28,37,39H,4,15-16H2,1-3H3,(H2,35,36,41)/b34-14+/t26-,28+/m0/s1. The number of allylic oxidation sites excluding steroid dienone is 1. The lowest BCUT2D eigenvalue weighted by Crippen LogP contribution is -2.45. The van der Waals surface area contributed by atoms with E-state index >= 15 is 0 Å². The molecule has 0 unspecified atom stereocenters. The molecule has 0 saturated heterocycles. The van der Waals surface area contributed by atoms with E-state index in [-0.39, 0.29) is 42.6 Å². The van der Waals surface area contributed by atoms with Crippen molar-refractivity contribution in [3.63, 3.8) is 0 Å². The van der Waals surface area contributed by atoms with Crippen molar-refractivity contribution in [1.82, 2.24) is 16.1 Å². The number of halogens is 2. The lowest BCUT2D eigenvalue weighted by Gasteiger charge is -2.28. The monoisotopic (exact) mass is 731 g/mol. The predicted molar refractivity (Wildman–Crippen MR) is 176 cm³/mol. The van der Waals surface area contributed by atoms with Gasteiger partial charge in [0.05, 0.1) is 40.9 Å². The molecule has 0 aliphatic carbocycles. The van der Waals surface area contributed by atoms with Gasteiger partial charge in [-0.1, -0.05) is 29.8 Å². The molecule has 3 aromatic rings. The van der Waals surface area contributed by atoms with Crippen LogP contribution in [0.5, 0.6) is 17.2 Å². The number of ether oxygens (including phenoxy) is 4. The van der Waals surface area contributed by atoms with Gasteiger partial charge < -0.3 is 34.7 Å². The zero-order valence-electron chi connectivity index (χ0n) is 25.4. The summed E-state index contributed by atoms with van der Waals surface area (Å²) in [6, 6.07) is 13.4. The van der Waals surface area contributed by atoms with Crippen molar-refractivity contribution in [1.29, 1.82) is 0 Å². The van der Waals surface area contributed by atoms with Gasteiger partial charge in [0.2, 0.25) is 5.75 Å². The number of rotatable bonds is 14. The Labute approximate surface area is 283 Å². The fourth-order valence-corrected chi connectivity index (χ4v) is 5.22. The second-order valence-electron chi connectivity index (χ2n) is 9.94. The van der Waals surface area contributed by atoms with Crippen molar-refractivity contribution in [2.45, 2.75) is 32.7 Å². The maximum absolute atomic E-state index is 12.4. The molecule has 248 valence electrons. The summed E-state index contributed by atoms with van der Waals surface area (Å²) in [7, 11) is 1.25. The Bertz CT molecular complexity index is 1700. The van der Waals surface area contributed by atoms with Gasteiger partial charge in [0.25, 0.3) is 0 Å². The molecule has 2 amide bonds. The zero-order chi connectivity index (χ0) is 34.1. The lowest BCUT2D eigenvalue weighted by molar-refractivity contribution is -0.386. The second kappa shape index (κ2) is 16.1. The van der Waals surface area contributed by atoms with Crippen molar-refractivity contribution in [3.8, 4) is 17.2 Å². The van der Waals surface area contributed by atoms with Gasteiger partial charge in [-0.2, -0.15) is 5.10 Å². The average molecular weight is 733 g/mol. The number of nitro benzene ring substituents is 1. The molecular weight excluding hydrogens is 702 g/mol. The summed E-state index contributed by atoms with van der Waals surface area (Å²) in [5, 5.41) is 32.0. The molecule has 2 atom stereocenters. The quantitative estimate of drug-likeness (QED) is 0.0572. The van der Waals surface area contributed by atoms with E-state index in [0.29, 0.717) is 32.1 Å². The highest BCUT2D eigenvalue weighted by Gasteiger charge is 2.32. The molecule has 1 heterocycles. The van der Waals surface area contributed by atoms with E-state index in [1.54, 1.807) is 62.4 Å². The summed E-state index contributed by atoms with van der Waals surface area (Å²) in [6.45, 7) is 3.50. The van der Waals surface area contributed by atoms with Crippen molar-refractivity contribution in [3.05, 3.63) is 102 Å². The number of nitrogens with zero attached hydrogens (tertiary/aromatic N) is 2. The predicted octanol–water partition coefficient (Wildman–Crippen LogP) is 5.11. The Morgan fingerprint density at radius 1 is 1.17 bits per heavy atom. The number of benzene rings is 3. The van der Waals surface area contributed by atoms with Crippen LogP contribution in [0.2, 0.25) is 5.02 Å². The van der Waals surface area contributed by atoms with Crippen LogP contribution in [0.4, 0.5) is 10.5 Å². The number of methoxy groups -OCH3 is 1. The number of hydrogen-bond donors (Lipinski definition) is 4. The van der Waals surface area contributed by atoms with Crippen LogP contribution in [0.15, 0.2) is 75.4 Å². The van der Waals surface area contributed by atoms with Gasteiger partial charge in [-0.25, -0.2) is 9.59 Å². The number of hydrogen-bond acceptors (Lipinski definition) is 11. The molecular formula is C31H31BrClN5O9. The summed E-state index contributed by atoms with van der Waals surface area (Å²) < 4.78 is 22.4. The molecule has 4 N–H and O–H groups in total. The van der Waals surface area contributed by atoms with E-state index in [9.17, 15) is 24.8 Å². The number of carbonyl (C=O) groups excluding carboxylic acids is 2. The molecule has 0 aromatic heterocycles. The maximum Gasteiger partial charge on any atom is 0.337 e. The van der Waals surface area contributed by atoms with Crippen molar-refractivity contribution < 1.29 is 38.6 Å². The van der Waals surface area contributed by atoms with Crippen molar-refractivity contribution >= 4 is 51.4 Å². The minimum Gasteiger partial charge on any atom is -0.490 e. The van der Waals surface area contributed by atoms with Crippen LogP contribution >= 0.6 is 27.5 Å². The minimum atomic E-state index is -1.28. The number of carbonyl (C=O) groups is 2. The third-order valence-corrected chi connectivity index (χ3v) is 7.49. The Hall–Kier alpha value is -4.86. The van der Waals surface area contributed by atoms with Crippen LogP contribution in [-0.4, -0.2) is 54.8 Å². The minimum absolute atomic E-state index is 0.0508. The van der Waals surface area contributed by atoms with Crippen molar-refractivity contribution in [2.75, 3.05) is 20.3 Å². The van der Waals surface area contributed by atoms with Gasteiger partial charge in [-0.3, -0.25) is 15.5 Å². The van der Waals surface area contributed by atoms with Crippen LogP contribution in [0.25, 0.3) is 0 Å².